The zero-order valence-corrected chi connectivity index (χ0v) is 9.06. The van der Waals surface area contributed by atoms with Crippen molar-refractivity contribution in [1.29, 1.82) is 0 Å². The summed E-state index contributed by atoms with van der Waals surface area (Å²) in [6.45, 7) is 0.518. The molecule has 1 amide bonds. The molecule has 3 rings (SSSR count). The van der Waals surface area contributed by atoms with Gasteiger partial charge in [0, 0.05) is 17.5 Å². The van der Waals surface area contributed by atoms with E-state index in [2.05, 4.69) is 10.2 Å². The van der Waals surface area contributed by atoms with Gasteiger partial charge >= 0.3 is 0 Å². The van der Waals surface area contributed by atoms with Gasteiger partial charge in [-0.25, -0.2) is 0 Å². The Hall–Kier alpha value is -2.30. The highest BCUT2D eigenvalue weighted by atomic mass is 16.5. The third-order valence-electron chi connectivity index (χ3n) is 2.87. The maximum atomic E-state index is 11.3. The van der Waals surface area contributed by atoms with Crippen LogP contribution in [-0.4, -0.2) is 22.7 Å². The predicted octanol–water partition coefficient (Wildman–Crippen LogP) is 1.11. The molecule has 2 aromatic rings. The van der Waals surface area contributed by atoms with Gasteiger partial charge in [0.25, 0.3) is 5.91 Å². The first-order valence-electron chi connectivity index (χ1n) is 5.36. The molecular weight excluding hydrogens is 218 g/mol. The molecule has 3 N–H and O–H groups in total. The summed E-state index contributed by atoms with van der Waals surface area (Å²) in [6.07, 6.45) is 0.624. The summed E-state index contributed by atoms with van der Waals surface area (Å²) < 4.78 is 5.62. The van der Waals surface area contributed by atoms with Crippen molar-refractivity contribution in [2.75, 3.05) is 6.61 Å². The monoisotopic (exact) mass is 229 g/mol. The van der Waals surface area contributed by atoms with Crippen molar-refractivity contribution in [2.24, 2.45) is 5.73 Å². The molecule has 0 atom stereocenters. The van der Waals surface area contributed by atoms with Gasteiger partial charge in [-0.05, 0) is 12.1 Å². The lowest BCUT2D eigenvalue weighted by Gasteiger charge is -2.04. The molecule has 0 bridgehead atoms. The molecule has 86 valence electrons. The van der Waals surface area contributed by atoms with Crippen LogP contribution in [0.2, 0.25) is 0 Å². The number of ether oxygens (including phenoxy) is 1. The summed E-state index contributed by atoms with van der Waals surface area (Å²) in [6, 6.07) is 7.63. The molecule has 1 aliphatic heterocycles. The molecule has 5 heteroatoms. The molecule has 0 saturated heterocycles. The van der Waals surface area contributed by atoms with Gasteiger partial charge in [-0.15, -0.1) is 0 Å². The molecule has 17 heavy (non-hydrogen) atoms. The summed E-state index contributed by atoms with van der Waals surface area (Å²) in [5.41, 5.74) is 8.16. The molecule has 1 aliphatic rings. The minimum atomic E-state index is -0.488. The molecule has 2 heterocycles. The van der Waals surface area contributed by atoms with Crippen LogP contribution in [0, 0.1) is 0 Å². The number of hydrogen-bond donors (Lipinski definition) is 2. The number of nitrogens with two attached hydrogens (primary N) is 1. The minimum Gasteiger partial charge on any atom is -0.493 e. The summed E-state index contributed by atoms with van der Waals surface area (Å²) in [5.74, 6) is 0.298. The van der Waals surface area contributed by atoms with Gasteiger partial charge < -0.3 is 10.5 Å². The second-order valence-electron chi connectivity index (χ2n) is 3.88. The Labute approximate surface area is 97.6 Å². The van der Waals surface area contributed by atoms with Crippen LogP contribution in [0.1, 0.15) is 16.1 Å². The number of H-pyrrole nitrogens is 1. The number of benzene rings is 1. The standard InChI is InChI=1S/C12H11N3O2/c13-12(16)11-8-5-6-17-9-4-2-1-3-7(9)10(8)14-15-11/h1-4H,5-6H2,(H2,13,16)(H,14,15). The lowest BCUT2D eigenvalue weighted by Crippen LogP contribution is -2.14. The number of primary amides is 1. The largest absolute Gasteiger partial charge is 0.493 e. The van der Waals surface area contributed by atoms with Crippen LogP contribution in [0.5, 0.6) is 5.75 Å². The summed E-state index contributed by atoms with van der Waals surface area (Å²) >= 11 is 0. The first-order chi connectivity index (χ1) is 8.27. The Balaban J connectivity index is 2.24. The molecule has 0 radical (unpaired) electrons. The Bertz CT molecular complexity index is 589. The average molecular weight is 229 g/mol. The van der Waals surface area contributed by atoms with Crippen molar-refractivity contribution >= 4 is 5.91 Å². The molecule has 0 spiro atoms. The molecule has 1 aromatic heterocycles. The number of nitrogens with one attached hydrogen (secondary N) is 1. The third kappa shape index (κ3) is 1.47. The van der Waals surface area contributed by atoms with E-state index in [-0.39, 0.29) is 0 Å². The van der Waals surface area contributed by atoms with E-state index in [4.69, 9.17) is 10.5 Å². The van der Waals surface area contributed by atoms with Gasteiger partial charge in [-0.1, -0.05) is 12.1 Å². The molecule has 0 saturated carbocycles. The number of carbonyl (C=O) groups excluding carboxylic acids is 1. The van der Waals surface area contributed by atoms with E-state index < -0.39 is 5.91 Å². The molecule has 1 aromatic carbocycles. The molecule has 0 fully saturated rings. The number of aromatic amines is 1. The fourth-order valence-electron chi connectivity index (χ4n) is 2.09. The lowest BCUT2D eigenvalue weighted by molar-refractivity contribution is 0.0994. The zero-order valence-electron chi connectivity index (χ0n) is 9.06. The predicted molar refractivity (Wildman–Crippen MR) is 61.7 cm³/mol. The van der Waals surface area contributed by atoms with E-state index in [1.54, 1.807) is 0 Å². The maximum Gasteiger partial charge on any atom is 0.267 e. The van der Waals surface area contributed by atoms with Crippen molar-refractivity contribution in [3.8, 4) is 17.0 Å². The summed E-state index contributed by atoms with van der Waals surface area (Å²) in [5, 5.41) is 6.88. The van der Waals surface area contributed by atoms with Gasteiger partial charge in [-0.2, -0.15) is 5.10 Å². The van der Waals surface area contributed by atoms with Crippen molar-refractivity contribution in [2.45, 2.75) is 6.42 Å². The molecule has 0 aliphatic carbocycles. The van der Waals surface area contributed by atoms with Crippen molar-refractivity contribution in [1.82, 2.24) is 10.2 Å². The normalized spacial score (nSPS) is 13.2. The van der Waals surface area contributed by atoms with Gasteiger partial charge in [0.05, 0.1) is 12.3 Å². The van der Waals surface area contributed by atoms with E-state index >= 15 is 0 Å². The fraction of sp³-hybridized carbons (Fsp3) is 0.167. The van der Waals surface area contributed by atoms with E-state index in [0.29, 0.717) is 18.7 Å². The van der Waals surface area contributed by atoms with Crippen LogP contribution < -0.4 is 10.5 Å². The quantitative estimate of drug-likeness (QED) is 0.768. The first kappa shape index (κ1) is 9.89. The van der Waals surface area contributed by atoms with Crippen LogP contribution >= 0.6 is 0 Å². The number of amides is 1. The smallest absolute Gasteiger partial charge is 0.267 e. The van der Waals surface area contributed by atoms with Crippen LogP contribution in [0.4, 0.5) is 0 Å². The van der Waals surface area contributed by atoms with Gasteiger partial charge in [0.15, 0.2) is 0 Å². The lowest BCUT2D eigenvalue weighted by atomic mass is 10.0. The van der Waals surface area contributed by atoms with Gasteiger partial charge in [0.1, 0.15) is 11.4 Å². The average Bonchev–Trinajstić information content (AvgIpc) is 2.66. The first-order valence-corrected chi connectivity index (χ1v) is 5.36. The minimum absolute atomic E-state index is 0.375. The van der Waals surface area contributed by atoms with Crippen LogP contribution in [0.3, 0.4) is 0 Å². The number of para-hydroxylation sites is 1. The van der Waals surface area contributed by atoms with E-state index in [0.717, 1.165) is 22.6 Å². The fourth-order valence-corrected chi connectivity index (χ4v) is 2.09. The number of nitrogens with zero attached hydrogens (tertiary/aromatic N) is 1. The van der Waals surface area contributed by atoms with Crippen LogP contribution in [0.25, 0.3) is 11.3 Å². The zero-order chi connectivity index (χ0) is 11.8. The number of hydrogen-bond acceptors (Lipinski definition) is 3. The number of fused-ring (bicyclic) bond motifs is 3. The van der Waals surface area contributed by atoms with Gasteiger partial charge in [0.2, 0.25) is 0 Å². The Morgan fingerprint density at radius 2 is 2.24 bits per heavy atom. The molecule has 5 nitrogen and oxygen atoms in total. The Morgan fingerprint density at radius 3 is 3.06 bits per heavy atom. The molecule has 0 unspecified atom stereocenters. The number of aromatic nitrogens is 2. The SMILES string of the molecule is NC(=O)c1[nH]nc2c1CCOc1ccccc1-2. The van der Waals surface area contributed by atoms with E-state index in [9.17, 15) is 4.79 Å². The van der Waals surface area contributed by atoms with E-state index in [1.807, 2.05) is 24.3 Å². The van der Waals surface area contributed by atoms with Gasteiger partial charge in [-0.3, -0.25) is 9.89 Å². The molecular formula is C12H11N3O2. The van der Waals surface area contributed by atoms with Crippen molar-refractivity contribution < 1.29 is 9.53 Å². The third-order valence-corrected chi connectivity index (χ3v) is 2.87. The number of carbonyl (C=O) groups is 1. The Kier molecular flexibility index (Phi) is 2.11. The second-order valence-corrected chi connectivity index (χ2v) is 3.88. The summed E-state index contributed by atoms with van der Waals surface area (Å²) in [7, 11) is 0. The van der Waals surface area contributed by atoms with Crippen molar-refractivity contribution in [3.05, 3.63) is 35.5 Å². The Morgan fingerprint density at radius 1 is 1.41 bits per heavy atom. The number of rotatable bonds is 1. The maximum absolute atomic E-state index is 11.3. The second kappa shape index (κ2) is 3.62. The van der Waals surface area contributed by atoms with Crippen LogP contribution in [-0.2, 0) is 6.42 Å². The highest BCUT2D eigenvalue weighted by Gasteiger charge is 2.22. The highest BCUT2D eigenvalue weighted by Crippen LogP contribution is 2.34. The van der Waals surface area contributed by atoms with Crippen LogP contribution in [0.15, 0.2) is 24.3 Å². The van der Waals surface area contributed by atoms with E-state index in [1.165, 1.54) is 0 Å². The summed E-state index contributed by atoms with van der Waals surface area (Å²) in [4.78, 5) is 11.3. The topological polar surface area (TPSA) is 81.0 Å². The highest BCUT2D eigenvalue weighted by molar-refractivity contribution is 5.94. The van der Waals surface area contributed by atoms with Crippen molar-refractivity contribution in [3.63, 3.8) is 0 Å².